The summed E-state index contributed by atoms with van der Waals surface area (Å²) >= 11 is 1.12. The van der Waals surface area contributed by atoms with Gasteiger partial charge in [0.25, 0.3) is 5.91 Å². The molecule has 1 aromatic carbocycles. The molecule has 7 nitrogen and oxygen atoms in total. The van der Waals surface area contributed by atoms with Crippen LogP contribution < -0.4 is 10.1 Å². The molecule has 8 heteroatoms. The normalized spacial score (nSPS) is 15.0. The Balaban J connectivity index is 2.02. The molecule has 0 radical (unpaired) electrons. The average Bonchev–Trinajstić information content (AvgIpc) is 3.37. The van der Waals surface area contributed by atoms with Crippen LogP contribution >= 0.6 is 11.5 Å². The Morgan fingerprint density at radius 2 is 2.14 bits per heavy atom. The molecule has 1 heterocycles. The van der Waals surface area contributed by atoms with Crippen LogP contribution in [0.15, 0.2) is 29.6 Å². The minimum Gasteiger partial charge on any atom is -0.497 e. The zero-order valence-corrected chi connectivity index (χ0v) is 17.5. The highest BCUT2D eigenvalue weighted by Gasteiger charge is 2.43. The minimum atomic E-state index is -0.761. The molecule has 0 saturated heterocycles. The molecule has 0 spiro atoms. The van der Waals surface area contributed by atoms with Crippen molar-refractivity contribution >= 4 is 23.3 Å². The molecule has 3 rings (SSSR count). The highest BCUT2D eigenvalue weighted by molar-refractivity contribution is 7.03. The Morgan fingerprint density at radius 3 is 2.71 bits per heavy atom. The van der Waals surface area contributed by atoms with Crippen LogP contribution in [0.25, 0.3) is 0 Å². The molecule has 2 aromatic rings. The van der Waals surface area contributed by atoms with Crippen LogP contribution in [0.5, 0.6) is 5.75 Å². The monoisotopic (exact) mass is 402 g/mol. The number of nitrogens with zero attached hydrogens (tertiary/aromatic N) is 3. The molecule has 1 fully saturated rings. The van der Waals surface area contributed by atoms with E-state index in [-0.39, 0.29) is 29.1 Å². The van der Waals surface area contributed by atoms with Gasteiger partial charge in [0.05, 0.1) is 7.11 Å². The van der Waals surface area contributed by atoms with Crippen molar-refractivity contribution in [2.75, 3.05) is 7.11 Å². The van der Waals surface area contributed by atoms with Crippen LogP contribution in [-0.2, 0) is 4.79 Å². The fraction of sp³-hybridized carbons (Fsp3) is 0.500. The van der Waals surface area contributed by atoms with Crippen LogP contribution in [0.3, 0.4) is 0 Å². The van der Waals surface area contributed by atoms with E-state index in [9.17, 15) is 9.59 Å². The number of benzene rings is 1. The topological polar surface area (TPSA) is 84.4 Å². The Morgan fingerprint density at radius 1 is 1.39 bits per heavy atom. The maximum absolute atomic E-state index is 13.4. The lowest BCUT2D eigenvalue weighted by atomic mass is 9.98. The van der Waals surface area contributed by atoms with Crippen molar-refractivity contribution in [2.24, 2.45) is 0 Å². The van der Waals surface area contributed by atoms with E-state index in [2.05, 4.69) is 14.9 Å². The summed E-state index contributed by atoms with van der Waals surface area (Å²) in [4.78, 5) is 28.3. The highest BCUT2D eigenvalue weighted by Crippen LogP contribution is 2.37. The number of rotatable bonds is 8. The van der Waals surface area contributed by atoms with E-state index in [4.69, 9.17) is 4.74 Å². The number of hydrogen-bond donors (Lipinski definition) is 1. The van der Waals surface area contributed by atoms with Crippen LogP contribution in [0.1, 0.15) is 62.1 Å². The van der Waals surface area contributed by atoms with E-state index in [0.29, 0.717) is 11.3 Å². The molecule has 2 amide bonds. The standard InChI is InChI=1S/C20H26N4O3S/c1-5-20(2,3)21-18(25)17(13-7-6-8-15(11-13)27-4)24(14-9-10-14)19(26)16-12-28-23-22-16/h6-8,11-12,14,17H,5,9-10H2,1-4H3,(H,21,25)/t17-/m1/s1. The van der Waals surface area contributed by atoms with Gasteiger partial charge in [-0.15, -0.1) is 5.10 Å². The van der Waals surface area contributed by atoms with Gasteiger partial charge in [0, 0.05) is 17.0 Å². The number of aromatic nitrogens is 2. The number of ether oxygens (including phenoxy) is 1. The van der Waals surface area contributed by atoms with Crippen LogP contribution in [0, 0.1) is 0 Å². The second-order valence-corrected chi connectivity index (χ2v) is 8.25. The molecule has 150 valence electrons. The molecule has 1 atom stereocenters. The summed E-state index contributed by atoms with van der Waals surface area (Å²) in [6, 6.07) is 6.57. The minimum absolute atomic E-state index is 0.0147. The second kappa shape index (κ2) is 8.26. The van der Waals surface area contributed by atoms with E-state index in [1.165, 1.54) is 0 Å². The first-order chi connectivity index (χ1) is 13.4. The molecule has 1 N–H and O–H groups in total. The molecule has 0 unspecified atom stereocenters. The van der Waals surface area contributed by atoms with E-state index in [1.807, 2.05) is 45.0 Å². The smallest absolute Gasteiger partial charge is 0.276 e. The van der Waals surface area contributed by atoms with Crippen molar-refractivity contribution in [3.63, 3.8) is 0 Å². The maximum atomic E-state index is 13.4. The first-order valence-corrected chi connectivity index (χ1v) is 10.3. The van der Waals surface area contributed by atoms with Crippen LogP contribution in [0.4, 0.5) is 0 Å². The third kappa shape index (κ3) is 4.49. The zero-order chi connectivity index (χ0) is 20.3. The number of methoxy groups -OCH3 is 1. The fourth-order valence-electron chi connectivity index (χ4n) is 2.98. The molecule has 1 aliphatic carbocycles. The van der Waals surface area contributed by atoms with Gasteiger partial charge in [0.1, 0.15) is 11.8 Å². The van der Waals surface area contributed by atoms with E-state index < -0.39 is 6.04 Å². The van der Waals surface area contributed by atoms with Crippen molar-refractivity contribution in [2.45, 2.75) is 57.7 Å². The molecule has 1 aliphatic rings. The molecule has 1 saturated carbocycles. The first-order valence-electron chi connectivity index (χ1n) is 9.42. The quantitative estimate of drug-likeness (QED) is 0.733. The predicted octanol–water partition coefficient (Wildman–Crippen LogP) is 3.20. The van der Waals surface area contributed by atoms with Crippen molar-refractivity contribution in [1.29, 1.82) is 0 Å². The van der Waals surface area contributed by atoms with Crippen LogP contribution in [-0.4, -0.2) is 45.0 Å². The number of hydrogen-bond acceptors (Lipinski definition) is 6. The number of nitrogens with one attached hydrogen (secondary N) is 1. The van der Waals surface area contributed by atoms with Gasteiger partial charge < -0.3 is 15.0 Å². The maximum Gasteiger partial charge on any atom is 0.276 e. The predicted molar refractivity (Wildman–Crippen MR) is 107 cm³/mol. The van der Waals surface area contributed by atoms with E-state index >= 15 is 0 Å². The summed E-state index contributed by atoms with van der Waals surface area (Å²) in [5, 5.41) is 8.65. The third-order valence-electron chi connectivity index (χ3n) is 5.04. The van der Waals surface area contributed by atoms with Crippen LogP contribution in [0.2, 0.25) is 0 Å². The molecule has 1 aromatic heterocycles. The Bertz CT molecular complexity index is 834. The number of carbonyl (C=O) groups excluding carboxylic acids is 2. The highest BCUT2D eigenvalue weighted by atomic mass is 32.1. The molecular weight excluding hydrogens is 376 g/mol. The summed E-state index contributed by atoms with van der Waals surface area (Å²) in [5.74, 6) is 0.167. The van der Waals surface area contributed by atoms with Gasteiger partial charge in [0.2, 0.25) is 5.91 Å². The lowest BCUT2D eigenvalue weighted by Crippen LogP contribution is -2.51. The number of amides is 2. The van der Waals surface area contributed by atoms with E-state index in [1.54, 1.807) is 17.4 Å². The summed E-state index contributed by atoms with van der Waals surface area (Å²) in [6.45, 7) is 5.97. The average molecular weight is 403 g/mol. The molecular formula is C20H26N4O3S. The second-order valence-electron chi connectivity index (χ2n) is 7.64. The Labute approximate surface area is 169 Å². The molecule has 28 heavy (non-hydrogen) atoms. The summed E-state index contributed by atoms with van der Waals surface area (Å²) < 4.78 is 9.15. The van der Waals surface area contributed by atoms with Gasteiger partial charge in [-0.1, -0.05) is 23.5 Å². The van der Waals surface area contributed by atoms with Gasteiger partial charge in [-0.2, -0.15) is 0 Å². The fourth-order valence-corrected chi connectivity index (χ4v) is 3.41. The van der Waals surface area contributed by atoms with Crippen molar-refractivity contribution in [1.82, 2.24) is 19.8 Å². The van der Waals surface area contributed by atoms with Gasteiger partial charge in [0.15, 0.2) is 5.69 Å². The summed E-state index contributed by atoms with van der Waals surface area (Å²) in [6.07, 6.45) is 2.51. The first kappa shape index (κ1) is 20.3. The van der Waals surface area contributed by atoms with Gasteiger partial charge >= 0.3 is 0 Å². The van der Waals surface area contributed by atoms with Gasteiger partial charge in [-0.3, -0.25) is 9.59 Å². The van der Waals surface area contributed by atoms with Crippen molar-refractivity contribution < 1.29 is 14.3 Å². The Kier molecular flexibility index (Phi) is 5.98. The molecule has 0 bridgehead atoms. The SMILES string of the molecule is CCC(C)(C)NC(=O)[C@@H](c1cccc(OC)c1)N(C(=O)c1csnn1)C1CC1. The number of carbonyl (C=O) groups is 2. The van der Waals surface area contributed by atoms with Gasteiger partial charge in [-0.25, -0.2) is 0 Å². The largest absolute Gasteiger partial charge is 0.497 e. The Hall–Kier alpha value is -2.48. The summed E-state index contributed by atoms with van der Waals surface area (Å²) in [7, 11) is 1.58. The lowest BCUT2D eigenvalue weighted by molar-refractivity contribution is -0.127. The zero-order valence-electron chi connectivity index (χ0n) is 16.6. The lowest BCUT2D eigenvalue weighted by Gasteiger charge is -2.34. The van der Waals surface area contributed by atoms with Crippen molar-refractivity contribution in [3.05, 3.63) is 40.9 Å². The van der Waals surface area contributed by atoms with Crippen molar-refractivity contribution in [3.8, 4) is 5.75 Å². The van der Waals surface area contributed by atoms with Gasteiger partial charge in [-0.05, 0) is 62.3 Å². The summed E-state index contributed by atoms with van der Waals surface area (Å²) in [5.41, 5.74) is 0.605. The third-order valence-corrected chi connectivity index (χ3v) is 5.54. The van der Waals surface area contributed by atoms with E-state index in [0.717, 1.165) is 30.8 Å². The molecule has 0 aliphatic heterocycles.